The maximum atomic E-state index is 3.45. The summed E-state index contributed by atoms with van der Waals surface area (Å²) in [4.78, 5) is 2.39. The van der Waals surface area contributed by atoms with Crippen LogP contribution in [0.3, 0.4) is 0 Å². The summed E-state index contributed by atoms with van der Waals surface area (Å²) in [5.41, 5.74) is 1.37. The van der Waals surface area contributed by atoms with Crippen molar-refractivity contribution in [3.05, 3.63) is 34.3 Å². The van der Waals surface area contributed by atoms with Crippen molar-refractivity contribution in [3.63, 3.8) is 0 Å². The van der Waals surface area contributed by atoms with Gasteiger partial charge in [0.25, 0.3) is 0 Å². The lowest BCUT2D eigenvalue weighted by molar-refractivity contribution is 0.270. The van der Waals surface area contributed by atoms with Crippen molar-refractivity contribution in [2.24, 2.45) is 0 Å². The predicted octanol–water partition coefficient (Wildman–Crippen LogP) is 3.63. The fourth-order valence-electron chi connectivity index (χ4n) is 1.40. The lowest BCUT2D eigenvalue weighted by Crippen LogP contribution is -2.30. The standard InChI is InChI=1S/C12H18BrNS/c1-10(9-15-3)14(2)8-11-4-6-12(13)7-5-11/h4-7,10H,8-9H2,1-3H3. The van der Waals surface area contributed by atoms with Gasteiger partial charge in [0.1, 0.15) is 0 Å². The first-order valence-electron chi connectivity index (χ1n) is 5.07. The number of rotatable bonds is 5. The Morgan fingerprint density at radius 1 is 1.33 bits per heavy atom. The van der Waals surface area contributed by atoms with Crippen molar-refractivity contribution < 1.29 is 0 Å². The molecule has 1 rings (SSSR count). The zero-order valence-electron chi connectivity index (χ0n) is 9.53. The second kappa shape index (κ2) is 6.56. The second-order valence-electron chi connectivity index (χ2n) is 3.85. The molecule has 1 aromatic carbocycles. The molecular formula is C12H18BrNS. The molecule has 0 saturated heterocycles. The summed E-state index contributed by atoms with van der Waals surface area (Å²) in [5.74, 6) is 1.19. The van der Waals surface area contributed by atoms with Gasteiger partial charge in [-0.1, -0.05) is 28.1 Å². The quantitative estimate of drug-likeness (QED) is 0.814. The molecule has 0 bridgehead atoms. The summed E-state index contributed by atoms with van der Waals surface area (Å²) in [7, 11) is 2.18. The molecule has 84 valence electrons. The van der Waals surface area contributed by atoms with E-state index in [4.69, 9.17) is 0 Å². The van der Waals surface area contributed by atoms with E-state index in [1.165, 1.54) is 11.3 Å². The molecule has 0 amide bonds. The van der Waals surface area contributed by atoms with Gasteiger partial charge in [-0.15, -0.1) is 0 Å². The number of thioether (sulfide) groups is 1. The van der Waals surface area contributed by atoms with Gasteiger partial charge < -0.3 is 0 Å². The summed E-state index contributed by atoms with van der Waals surface area (Å²) in [5, 5.41) is 0. The largest absolute Gasteiger partial charge is 0.299 e. The third-order valence-corrected chi connectivity index (χ3v) is 3.85. The van der Waals surface area contributed by atoms with E-state index < -0.39 is 0 Å². The average Bonchev–Trinajstić information content (AvgIpc) is 2.22. The number of hydrogen-bond acceptors (Lipinski definition) is 2. The van der Waals surface area contributed by atoms with Crippen molar-refractivity contribution >= 4 is 27.7 Å². The molecule has 0 radical (unpaired) electrons. The van der Waals surface area contributed by atoms with E-state index in [0.29, 0.717) is 6.04 Å². The zero-order chi connectivity index (χ0) is 11.3. The Morgan fingerprint density at radius 2 is 1.93 bits per heavy atom. The van der Waals surface area contributed by atoms with Gasteiger partial charge in [-0.25, -0.2) is 0 Å². The van der Waals surface area contributed by atoms with Crippen LogP contribution >= 0.6 is 27.7 Å². The molecule has 0 heterocycles. The lowest BCUT2D eigenvalue weighted by atomic mass is 10.2. The molecule has 0 N–H and O–H groups in total. The first-order valence-corrected chi connectivity index (χ1v) is 7.25. The van der Waals surface area contributed by atoms with Crippen LogP contribution in [0.25, 0.3) is 0 Å². The Bertz CT molecular complexity index is 286. The number of benzene rings is 1. The van der Waals surface area contributed by atoms with Crippen LogP contribution in [0.5, 0.6) is 0 Å². The number of nitrogens with zero attached hydrogens (tertiary/aromatic N) is 1. The average molecular weight is 288 g/mol. The molecule has 1 nitrogen and oxygen atoms in total. The van der Waals surface area contributed by atoms with Crippen LogP contribution < -0.4 is 0 Å². The van der Waals surface area contributed by atoms with Gasteiger partial charge >= 0.3 is 0 Å². The minimum absolute atomic E-state index is 0.628. The molecule has 0 aliphatic rings. The van der Waals surface area contributed by atoms with Gasteiger partial charge in [-0.2, -0.15) is 11.8 Å². The highest BCUT2D eigenvalue weighted by Gasteiger charge is 2.08. The van der Waals surface area contributed by atoms with Crippen molar-refractivity contribution in [3.8, 4) is 0 Å². The van der Waals surface area contributed by atoms with Gasteiger partial charge in [0.2, 0.25) is 0 Å². The monoisotopic (exact) mass is 287 g/mol. The highest BCUT2D eigenvalue weighted by atomic mass is 79.9. The first kappa shape index (κ1) is 13.1. The van der Waals surface area contributed by atoms with E-state index in [1.54, 1.807) is 0 Å². The summed E-state index contributed by atoms with van der Waals surface area (Å²) in [6, 6.07) is 9.17. The summed E-state index contributed by atoms with van der Waals surface area (Å²) < 4.78 is 1.14. The highest BCUT2D eigenvalue weighted by molar-refractivity contribution is 9.10. The van der Waals surface area contributed by atoms with Crippen LogP contribution in [0.15, 0.2) is 28.7 Å². The Kier molecular flexibility index (Phi) is 5.72. The van der Waals surface area contributed by atoms with Crippen LogP contribution in [-0.2, 0) is 6.54 Å². The number of hydrogen-bond donors (Lipinski definition) is 0. The lowest BCUT2D eigenvalue weighted by Gasteiger charge is -2.24. The van der Waals surface area contributed by atoms with Crippen molar-refractivity contribution in [1.29, 1.82) is 0 Å². The molecule has 0 aliphatic carbocycles. The van der Waals surface area contributed by atoms with Crippen molar-refractivity contribution in [1.82, 2.24) is 4.90 Å². The molecule has 0 fully saturated rings. The molecule has 0 aromatic heterocycles. The second-order valence-corrected chi connectivity index (χ2v) is 5.67. The molecule has 1 aromatic rings. The van der Waals surface area contributed by atoms with Gasteiger partial charge in [-0.3, -0.25) is 4.90 Å². The molecule has 0 spiro atoms. The van der Waals surface area contributed by atoms with Gasteiger partial charge in [-0.05, 0) is 37.9 Å². The Hall–Kier alpha value is 0.01000. The topological polar surface area (TPSA) is 3.24 Å². The van der Waals surface area contributed by atoms with Gasteiger partial charge in [0.15, 0.2) is 0 Å². The normalized spacial score (nSPS) is 13.1. The fourth-order valence-corrected chi connectivity index (χ4v) is 2.40. The first-order chi connectivity index (χ1) is 7.13. The van der Waals surface area contributed by atoms with E-state index in [-0.39, 0.29) is 0 Å². The van der Waals surface area contributed by atoms with Crippen molar-refractivity contribution in [2.75, 3.05) is 19.1 Å². The molecule has 1 atom stereocenters. The minimum Gasteiger partial charge on any atom is -0.299 e. The highest BCUT2D eigenvalue weighted by Crippen LogP contribution is 2.13. The number of halogens is 1. The smallest absolute Gasteiger partial charge is 0.0233 e. The summed E-state index contributed by atoms with van der Waals surface area (Å²) in [6.45, 7) is 3.30. The molecular weight excluding hydrogens is 270 g/mol. The van der Waals surface area contributed by atoms with E-state index in [2.05, 4.69) is 65.3 Å². The zero-order valence-corrected chi connectivity index (χ0v) is 11.9. The summed E-state index contributed by atoms with van der Waals surface area (Å²) in [6.07, 6.45) is 2.16. The van der Waals surface area contributed by atoms with Gasteiger partial charge in [0.05, 0.1) is 0 Å². The molecule has 0 saturated carbocycles. The molecule has 1 unspecified atom stereocenters. The Balaban J connectivity index is 2.50. The van der Waals surface area contributed by atoms with Crippen LogP contribution in [-0.4, -0.2) is 30.0 Å². The molecule has 0 aliphatic heterocycles. The van der Waals surface area contributed by atoms with Gasteiger partial charge in [0, 0.05) is 22.8 Å². The Morgan fingerprint density at radius 3 is 2.47 bits per heavy atom. The third-order valence-electron chi connectivity index (χ3n) is 2.51. The minimum atomic E-state index is 0.628. The fraction of sp³-hybridized carbons (Fsp3) is 0.500. The van der Waals surface area contributed by atoms with Crippen LogP contribution in [0.2, 0.25) is 0 Å². The van der Waals surface area contributed by atoms with Crippen LogP contribution in [0.4, 0.5) is 0 Å². The third kappa shape index (κ3) is 4.58. The van der Waals surface area contributed by atoms with E-state index in [0.717, 1.165) is 11.0 Å². The predicted molar refractivity (Wildman–Crippen MR) is 73.5 cm³/mol. The van der Waals surface area contributed by atoms with E-state index in [1.807, 2.05) is 11.8 Å². The Labute approximate surface area is 105 Å². The maximum absolute atomic E-state index is 3.45. The van der Waals surface area contributed by atoms with E-state index in [9.17, 15) is 0 Å². The maximum Gasteiger partial charge on any atom is 0.0233 e. The summed E-state index contributed by atoms with van der Waals surface area (Å²) >= 11 is 5.35. The SMILES string of the molecule is CSCC(C)N(C)Cc1ccc(Br)cc1. The molecule has 15 heavy (non-hydrogen) atoms. The van der Waals surface area contributed by atoms with E-state index >= 15 is 0 Å². The van der Waals surface area contributed by atoms with Crippen LogP contribution in [0.1, 0.15) is 12.5 Å². The van der Waals surface area contributed by atoms with Crippen molar-refractivity contribution in [2.45, 2.75) is 19.5 Å². The van der Waals surface area contributed by atoms with Crippen LogP contribution in [0, 0.1) is 0 Å². The molecule has 3 heteroatoms.